The summed E-state index contributed by atoms with van der Waals surface area (Å²) >= 11 is 0. The van der Waals surface area contributed by atoms with Crippen LogP contribution < -0.4 is 5.32 Å². The second kappa shape index (κ2) is 6.82. The van der Waals surface area contributed by atoms with Gasteiger partial charge in [-0.25, -0.2) is 8.78 Å². The Morgan fingerprint density at radius 3 is 2.47 bits per heavy atom. The number of halogens is 3. The summed E-state index contributed by atoms with van der Waals surface area (Å²) in [6, 6.07) is 2.98. The van der Waals surface area contributed by atoms with Crippen molar-refractivity contribution in [2.45, 2.75) is 18.9 Å². The van der Waals surface area contributed by atoms with E-state index in [2.05, 4.69) is 5.32 Å². The molecule has 1 aromatic rings. The first-order valence-corrected chi connectivity index (χ1v) is 6.02. The number of hydrogen-bond acceptors (Lipinski definition) is 2. The van der Waals surface area contributed by atoms with E-state index in [1.54, 1.807) is 11.9 Å². The van der Waals surface area contributed by atoms with Crippen molar-refractivity contribution in [3.05, 3.63) is 35.4 Å². The largest absolute Gasteiger partial charge is 0.337 e. The van der Waals surface area contributed by atoms with E-state index < -0.39 is 11.6 Å². The first kappa shape index (κ1) is 15.9. The normalized spacial score (nSPS) is 18.6. The maximum Gasteiger partial charge on any atom is 0.254 e. The molecule has 0 aromatic heterocycles. The van der Waals surface area contributed by atoms with Gasteiger partial charge in [-0.1, -0.05) is 0 Å². The number of benzene rings is 1. The number of carbonyl (C=O) groups is 1. The number of hydrogen-bond donors (Lipinski definition) is 1. The van der Waals surface area contributed by atoms with Crippen molar-refractivity contribution in [3.8, 4) is 0 Å². The highest BCUT2D eigenvalue weighted by atomic mass is 35.5. The molecule has 0 aliphatic carbocycles. The highest BCUT2D eigenvalue weighted by molar-refractivity contribution is 5.94. The molecule has 1 aromatic carbocycles. The zero-order valence-electron chi connectivity index (χ0n) is 10.7. The van der Waals surface area contributed by atoms with Gasteiger partial charge in [-0.3, -0.25) is 4.79 Å². The molecule has 0 bridgehead atoms. The topological polar surface area (TPSA) is 32.3 Å². The molecule has 0 saturated carbocycles. The molecule has 1 fully saturated rings. The molecule has 6 heteroatoms. The lowest BCUT2D eigenvalue weighted by Gasteiger charge is -2.31. The molecule has 0 radical (unpaired) electrons. The monoisotopic (exact) mass is 290 g/mol. The fraction of sp³-hybridized carbons (Fsp3) is 0.462. The van der Waals surface area contributed by atoms with Crippen LogP contribution in [0, 0.1) is 11.6 Å². The van der Waals surface area contributed by atoms with Crippen molar-refractivity contribution in [2.75, 3.05) is 20.1 Å². The predicted molar refractivity (Wildman–Crippen MR) is 71.6 cm³/mol. The fourth-order valence-electron chi connectivity index (χ4n) is 2.21. The smallest absolute Gasteiger partial charge is 0.254 e. The van der Waals surface area contributed by atoms with Crippen LogP contribution in [0.5, 0.6) is 0 Å². The number of nitrogens with zero attached hydrogens (tertiary/aromatic N) is 1. The molecular formula is C13H17ClF2N2O. The third kappa shape index (κ3) is 3.88. The van der Waals surface area contributed by atoms with Gasteiger partial charge in [0, 0.05) is 31.3 Å². The van der Waals surface area contributed by atoms with Crippen LogP contribution in [0.1, 0.15) is 23.2 Å². The zero-order valence-corrected chi connectivity index (χ0v) is 11.5. The van der Waals surface area contributed by atoms with Crippen LogP contribution >= 0.6 is 12.4 Å². The summed E-state index contributed by atoms with van der Waals surface area (Å²) in [6.07, 6.45) is 1.91. The van der Waals surface area contributed by atoms with Crippen LogP contribution in [-0.2, 0) is 0 Å². The average molecular weight is 291 g/mol. The molecule has 1 amide bonds. The zero-order chi connectivity index (χ0) is 13.1. The van der Waals surface area contributed by atoms with E-state index in [0.717, 1.165) is 44.1 Å². The number of carbonyl (C=O) groups excluding carboxylic acids is 1. The fourth-order valence-corrected chi connectivity index (χ4v) is 2.21. The minimum Gasteiger partial charge on any atom is -0.337 e. The van der Waals surface area contributed by atoms with Gasteiger partial charge in [-0.15, -0.1) is 12.4 Å². The lowest BCUT2D eigenvalue weighted by Crippen LogP contribution is -2.46. The summed E-state index contributed by atoms with van der Waals surface area (Å²) in [5, 5.41) is 3.20. The highest BCUT2D eigenvalue weighted by Crippen LogP contribution is 2.14. The third-order valence-corrected chi connectivity index (χ3v) is 3.25. The summed E-state index contributed by atoms with van der Waals surface area (Å²) in [7, 11) is 1.67. The Hall–Kier alpha value is -1.20. The van der Waals surface area contributed by atoms with Gasteiger partial charge in [0.15, 0.2) is 0 Å². The minimum absolute atomic E-state index is 0. The van der Waals surface area contributed by atoms with Crippen LogP contribution in [0.3, 0.4) is 0 Å². The van der Waals surface area contributed by atoms with Crippen LogP contribution in [-0.4, -0.2) is 37.0 Å². The molecule has 2 rings (SSSR count). The number of piperidine rings is 1. The van der Waals surface area contributed by atoms with E-state index in [1.807, 2.05) is 0 Å². The van der Waals surface area contributed by atoms with E-state index in [4.69, 9.17) is 0 Å². The van der Waals surface area contributed by atoms with Gasteiger partial charge in [0.1, 0.15) is 11.6 Å². The van der Waals surface area contributed by atoms with Crippen LogP contribution in [0.25, 0.3) is 0 Å². The summed E-state index contributed by atoms with van der Waals surface area (Å²) in [4.78, 5) is 13.7. The molecule has 1 saturated heterocycles. The number of nitrogens with one attached hydrogen (secondary N) is 1. The van der Waals surface area contributed by atoms with Crippen molar-refractivity contribution in [3.63, 3.8) is 0 Å². The summed E-state index contributed by atoms with van der Waals surface area (Å²) < 4.78 is 26.1. The van der Waals surface area contributed by atoms with Crippen molar-refractivity contribution in [1.29, 1.82) is 0 Å². The first-order valence-electron chi connectivity index (χ1n) is 6.02. The molecule has 1 aliphatic heterocycles. The number of likely N-dealkylation sites (N-methyl/N-ethyl adjacent to an activating group) is 1. The average Bonchev–Trinajstić information content (AvgIpc) is 2.37. The number of amides is 1. The van der Waals surface area contributed by atoms with Gasteiger partial charge in [-0.2, -0.15) is 0 Å². The van der Waals surface area contributed by atoms with E-state index in [9.17, 15) is 13.6 Å². The molecule has 1 unspecified atom stereocenters. The molecule has 19 heavy (non-hydrogen) atoms. The van der Waals surface area contributed by atoms with Crippen molar-refractivity contribution >= 4 is 18.3 Å². The maximum absolute atomic E-state index is 13.1. The van der Waals surface area contributed by atoms with Gasteiger partial charge >= 0.3 is 0 Å². The van der Waals surface area contributed by atoms with E-state index in [1.165, 1.54) is 0 Å². The second-order valence-corrected chi connectivity index (χ2v) is 4.57. The summed E-state index contributed by atoms with van der Waals surface area (Å²) in [5.41, 5.74) is 0.0561. The van der Waals surface area contributed by atoms with Crippen LogP contribution in [0.2, 0.25) is 0 Å². The third-order valence-electron chi connectivity index (χ3n) is 3.25. The van der Waals surface area contributed by atoms with Gasteiger partial charge in [0.25, 0.3) is 5.91 Å². The summed E-state index contributed by atoms with van der Waals surface area (Å²) in [6.45, 7) is 1.67. The number of rotatable bonds is 2. The quantitative estimate of drug-likeness (QED) is 0.906. The van der Waals surface area contributed by atoms with Crippen molar-refractivity contribution in [1.82, 2.24) is 10.2 Å². The Kier molecular flexibility index (Phi) is 5.69. The molecule has 1 atom stereocenters. The molecule has 106 valence electrons. The van der Waals surface area contributed by atoms with Gasteiger partial charge in [0.2, 0.25) is 0 Å². The summed E-state index contributed by atoms with van der Waals surface area (Å²) in [5.74, 6) is -1.80. The van der Waals surface area contributed by atoms with E-state index >= 15 is 0 Å². The standard InChI is InChI=1S/C13H16F2N2O.ClH/c1-17(12-3-2-4-16-8-12)13(18)9-5-10(14)7-11(15)6-9;/h5-7,12,16H,2-4,8H2,1H3;1H. The lowest BCUT2D eigenvalue weighted by atomic mass is 10.1. The molecule has 1 aliphatic rings. The Morgan fingerprint density at radius 1 is 1.32 bits per heavy atom. The first-order chi connectivity index (χ1) is 8.58. The van der Waals surface area contributed by atoms with Gasteiger partial charge in [-0.05, 0) is 31.5 Å². The van der Waals surface area contributed by atoms with Gasteiger partial charge in [0.05, 0.1) is 0 Å². The SMILES string of the molecule is CN(C(=O)c1cc(F)cc(F)c1)C1CCCNC1.Cl. The van der Waals surface area contributed by atoms with Crippen molar-refractivity contribution in [2.24, 2.45) is 0 Å². The van der Waals surface area contributed by atoms with Crippen molar-refractivity contribution < 1.29 is 13.6 Å². The molecule has 3 nitrogen and oxygen atoms in total. The van der Waals surface area contributed by atoms with E-state index in [0.29, 0.717) is 0 Å². The molecule has 1 heterocycles. The Morgan fingerprint density at radius 2 is 1.95 bits per heavy atom. The minimum atomic E-state index is -0.728. The van der Waals surface area contributed by atoms with Crippen LogP contribution in [0.4, 0.5) is 8.78 Å². The predicted octanol–water partition coefficient (Wildman–Crippen LogP) is 2.21. The molecule has 0 spiro atoms. The Balaban J connectivity index is 0.00000180. The molecular weight excluding hydrogens is 274 g/mol. The van der Waals surface area contributed by atoms with E-state index in [-0.39, 0.29) is 29.9 Å². The molecule has 1 N–H and O–H groups in total. The van der Waals surface area contributed by atoms with Gasteiger partial charge < -0.3 is 10.2 Å². The maximum atomic E-state index is 13.1. The van der Waals surface area contributed by atoms with Crippen LogP contribution in [0.15, 0.2) is 18.2 Å². The Bertz CT molecular complexity index is 430. The highest BCUT2D eigenvalue weighted by Gasteiger charge is 2.23. The lowest BCUT2D eigenvalue weighted by molar-refractivity contribution is 0.0707. The second-order valence-electron chi connectivity index (χ2n) is 4.57. The Labute approximate surface area is 117 Å².